The number of urea groups is 1. The third kappa shape index (κ3) is 14.6. The summed E-state index contributed by atoms with van der Waals surface area (Å²) < 4.78 is 17.5. The zero-order chi connectivity index (χ0) is 51.2. The summed E-state index contributed by atoms with van der Waals surface area (Å²) >= 11 is 1.34. The summed E-state index contributed by atoms with van der Waals surface area (Å²) in [5.74, 6) is -5.19. The van der Waals surface area contributed by atoms with E-state index in [4.69, 9.17) is 14.2 Å². The number of thioether (sulfide) groups is 1. The highest BCUT2D eigenvalue weighted by Gasteiger charge is 2.39. The van der Waals surface area contributed by atoms with Gasteiger partial charge in [0.15, 0.2) is 6.10 Å². The largest absolute Gasteiger partial charge is 0.480 e. The van der Waals surface area contributed by atoms with Gasteiger partial charge < -0.3 is 55.8 Å². The highest BCUT2D eigenvalue weighted by molar-refractivity contribution is 7.98. The maximum atomic E-state index is 14.4. The minimum atomic E-state index is -1.62. The monoisotopic (exact) mass is 989 g/mol. The normalized spacial score (nSPS) is 16.9. The van der Waals surface area contributed by atoms with Gasteiger partial charge in [-0.3, -0.25) is 43.1 Å². The van der Waals surface area contributed by atoms with Crippen LogP contribution in [0.1, 0.15) is 57.9 Å². The highest BCUT2D eigenvalue weighted by atomic mass is 32.2. The number of aromatic nitrogens is 3. The smallest absolute Gasteiger partial charge is 0.331 e. The number of hydrogen-bond donors (Lipinski definition) is 8. The van der Waals surface area contributed by atoms with Crippen LogP contribution in [0.5, 0.6) is 5.75 Å². The van der Waals surface area contributed by atoms with E-state index in [1.165, 1.54) is 51.7 Å². The molecule has 24 heteroatoms. The van der Waals surface area contributed by atoms with Crippen molar-refractivity contribution < 1.29 is 57.7 Å². The average Bonchev–Trinajstić information content (AvgIpc) is 3.90. The van der Waals surface area contributed by atoms with Gasteiger partial charge in [-0.1, -0.05) is 30.3 Å². The van der Waals surface area contributed by atoms with Gasteiger partial charge in [0, 0.05) is 82.6 Å². The lowest BCUT2D eigenvalue weighted by Crippen LogP contribution is -2.62. The van der Waals surface area contributed by atoms with Gasteiger partial charge in [-0.05, 0) is 54.7 Å². The maximum Gasteiger partial charge on any atom is 0.331 e. The fourth-order valence-electron chi connectivity index (χ4n) is 7.58. The number of ether oxygens (including phenoxy) is 3. The van der Waals surface area contributed by atoms with Crippen molar-refractivity contribution in [3.8, 4) is 5.75 Å². The first kappa shape index (κ1) is 53.1. The average molecular weight is 990 g/mol. The van der Waals surface area contributed by atoms with E-state index in [1.54, 1.807) is 36.7 Å². The third-order valence-corrected chi connectivity index (χ3v) is 11.7. The number of carboxylic acids is 1. The summed E-state index contributed by atoms with van der Waals surface area (Å²) in [6, 6.07) is 6.74. The Kier molecular flexibility index (Phi) is 18.5. The number of aromatic amines is 2. The van der Waals surface area contributed by atoms with Crippen LogP contribution in [0.4, 0.5) is 4.79 Å². The molecule has 2 aromatic heterocycles. The van der Waals surface area contributed by atoms with Gasteiger partial charge in [0.1, 0.15) is 35.7 Å². The first-order valence-electron chi connectivity index (χ1n) is 21.8. The lowest BCUT2D eigenvalue weighted by Gasteiger charge is -2.34. The standard InChI is InChI=1S/C46H55N9O14S/c1-24(54(5)42(62)35(49-25(2)56)19-28-10-9-11-30(18-28)67-26(3)57)39(41(61)48-23-31-21-37(68-27(4)58)43(69-31)55-16-14-38(59)52-46(55)66)53-40(60)34(15-17-70-6)50-45(65)51-36(44(63)64)20-29-22-47-33-13-8-7-12-32(29)33/h7-14,16,18,22-24,34-37,39,43,47H,15,17,19-21H2,1-6H3,(H,48,61)(H,49,56)(H,53,60)(H,63,64)(H2,50,51,65)(H,52,59,66)/b31-23+/t24?,34?,35?,36?,37-,39?,43-/m1/s1. The molecule has 2 aromatic carbocycles. The van der Waals surface area contributed by atoms with Gasteiger partial charge in [0.05, 0.1) is 6.04 Å². The van der Waals surface area contributed by atoms with Crippen molar-refractivity contribution in [1.29, 1.82) is 0 Å². The fraction of sp³-hybridized carbons (Fsp3) is 0.391. The van der Waals surface area contributed by atoms with Crippen LogP contribution in [0.2, 0.25) is 0 Å². The van der Waals surface area contributed by atoms with Crippen molar-refractivity contribution in [3.63, 3.8) is 0 Å². The summed E-state index contributed by atoms with van der Waals surface area (Å²) in [5.41, 5.74) is 0.330. The first-order chi connectivity index (χ1) is 33.2. The van der Waals surface area contributed by atoms with E-state index < -0.39 is 101 Å². The van der Waals surface area contributed by atoms with Crippen molar-refractivity contribution in [2.24, 2.45) is 0 Å². The molecule has 6 amide bonds. The van der Waals surface area contributed by atoms with Crippen LogP contribution < -0.4 is 42.6 Å². The van der Waals surface area contributed by atoms with Gasteiger partial charge in [-0.25, -0.2) is 14.4 Å². The molecule has 3 heterocycles. The number of hydrogen-bond acceptors (Lipinski definition) is 14. The van der Waals surface area contributed by atoms with Crippen LogP contribution >= 0.6 is 11.8 Å². The number of aliphatic carboxylic acids is 1. The topological polar surface area (TPSA) is 319 Å². The Labute approximate surface area is 404 Å². The lowest BCUT2D eigenvalue weighted by atomic mass is 10.0. The number of esters is 2. The van der Waals surface area contributed by atoms with Crippen molar-refractivity contribution in [2.75, 3.05) is 19.1 Å². The Morgan fingerprint density at radius 2 is 1.64 bits per heavy atom. The van der Waals surface area contributed by atoms with Crippen LogP contribution in [0.3, 0.4) is 0 Å². The summed E-state index contributed by atoms with van der Waals surface area (Å²) in [6.45, 7) is 5.01. The number of para-hydroxylation sites is 1. The number of carbonyl (C=O) groups excluding carboxylic acids is 7. The molecule has 5 unspecified atom stereocenters. The number of rotatable bonds is 21. The van der Waals surface area contributed by atoms with E-state index >= 15 is 0 Å². The molecular formula is C46H55N9O14S. The van der Waals surface area contributed by atoms with Crippen LogP contribution in [0, 0.1) is 0 Å². The van der Waals surface area contributed by atoms with Crippen LogP contribution in [-0.2, 0) is 55.9 Å². The molecule has 1 aliphatic rings. The highest BCUT2D eigenvalue weighted by Crippen LogP contribution is 2.32. The molecule has 7 atom stereocenters. The number of carboxylic acid groups (broad SMARTS) is 1. The molecule has 374 valence electrons. The van der Waals surface area contributed by atoms with Crippen LogP contribution in [0.15, 0.2) is 88.5 Å². The molecule has 70 heavy (non-hydrogen) atoms. The molecule has 5 rings (SSSR count). The van der Waals surface area contributed by atoms with E-state index in [0.29, 0.717) is 16.9 Å². The third-order valence-electron chi connectivity index (χ3n) is 11.0. The van der Waals surface area contributed by atoms with E-state index in [-0.39, 0.29) is 37.2 Å². The van der Waals surface area contributed by atoms with E-state index in [9.17, 15) is 53.1 Å². The van der Waals surface area contributed by atoms with Gasteiger partial charge in [-0.2, -0.15) is 11.8 Å². The van der Waals surface area contributed by atoms with E-state index in [0.717, 1.165) is 45.8 Å². The molecule has 0 bridgehead atoms. The van der Waals surface area contributed by atoms with Crippen molar-refractivity contribution >= 4 is 70.2 Å². The van der Waals surface area contributed by atoms with Gasteiger partial charge >= 0.3 is 29.6 Å². The molecule has 1 saturated heterocycles. The van der Waals surface area contributed by atoms with E-state index in [2.05, 4.69) is 36.6 Å². The summed E-state index contributed by atoms with van der Waals surface area (Å²) in [5, 5.41) is 23.6. The first-order valence-corrected chi connectivity index (χ1v) is 23.2. The number of nitrogens with zero attached hydrogens (tertiary/aromatic N) is 2. The van der Waals surface area contributed by atoms with Gasteiger partial charge in [0.25, 0.3) is 5.56 Å². The molecule has 0 aliphatic carbocycles. The van der Waals surface area contributed by atoms with Crippen LogP contribution in [0.25, 0.3) is 10.9 Å². The number of benzene rings is 2. The molecule has 1 aliphatic heterocycles. The Morgan fingerprint density at radius 1 is 0.914 bits per heavy atom. The lowest BCUT2D eigenvalue weighted by molar-refractivity contribution is -0.151. The molecule has 4 aromatic rings. The molecular weight excluding hydrogens is 935 g/mol. The Balaban J connectivity index is 1.42. The van der Waals surface area contributed by atoms with Gasteiger partial charge in [-0.15, -0.1) is 0 Å². The minimum absolute atomic E-state index is 0.00312. The zero-order valence-corrected chi connectivity index (χ0v) is 39.9. The number of fused-ring (bicyclic) bond motifs is 1. The molecule has 8 N–H and O–H groups in total. The number of H-pyrrole nitrogens is 2. The fourth-order valence-corrected chi connectivity index (χ4v) is 8.06. The number of amides is 6. The second kappa shape index (κ2) is 24.4. The summed E-state index contributed by atoms with van der Waals surface area (Å²) in [6.07, 6.45) is 2.94. The second-order valence-electron chi connectivity index (χ2n) is 16.3. The molecule has 1 fully saturated rings. The van der Waals surface area contributed by atoms with Crippen molar-refractivity contribution in [1.82, 2.24) is 46.0 Å². The summed E-state index contributed by atoms with van der Waals surface area (Å²) in [4.78, 5) is 136. The Morgan fingerprint density at radius 3 is 2.31 bits per heavy atom. The Bertz CT molecular complexity index is 2750. The molecule has 0 saturated carbocycles. The van der Waals surface area contributed by atoms with Crippen molar-refractivity contribution in [2.45, 2.75) is 95.9 Å². The molecule has 0 spiro atoms. The van der Waals surface area contributed by atoms with Gasteiger partial charge in [0.2, 0.25) is 29.9 Å². The zero-order valence-electron chi connectivity index (χ0n) is 39.1. The molecule has 0 radical (unpaired) electrons. The maximum absolute atomic E-state index is 14.4. The molecule has 23 nitrogen and oxygen atoms in total. The number of carbonyl (C=O) groups is 8. The predicted octanol–water partition coefficient (Wildman–Crippen LogP) is 0.947. The Hall–Kier alpha value is -7.89. The van der Waals surface area contributed by atoms with Crippen LogP contribution in [-0.4, -0.2) is 127 Å². The predicted molar refractivity (Wildman–Crippen MR) is 253 cm³/mol. The number of nitrogens with one attached hydrogen (secondary N) is 7. The SMILES string of the molecule is CSCCC(NC(=O)NC(Cc1c[nH]c2ccccc12)C(=O)O)C(=O)NC(C(=O)N/C=C1\C[C@@H](OC(C)=O)[C@H](n2ccc(=O)[nH]c2=O)O1)C(C)N(C)C(=O)C(Cc1cccc(OC(C)=O)c1)NC(C)=O. The quantitative estimate of drug-likeness (QED) is 0.0426. The summed E-state index contributed by atoms with van der Waals surface area (Å²) in [7, 11) is 1.34. The minimum Gasteiger partial charge on any atom is -0.480 e. The number of likely N-dealkylation sites (N-methyl/N-ethyl adjacent to an activating group) is 1. The van der Waals surface area contributed by atoms with Crippen molar-refractivity contribution in [3.05, 3.63) is 111 Å². The second-order valence-corrected chi connectivity index (χ2v) is 17.3. The van der Waals surface area contributed by atoms with E-state index in [1.807, 2.05) is 12.1 Å².